The molecule has 376 valence electrons. The number of hydrogen-bond donors (Lipinski definition) is 3. The van der Waals surface area contributed by atoms with Crippen molar-refractivity contribution in [1.82, 2.24) is 40.3 Å². The summed E-state index contributed by atoms with van der Waals surface area (Å²) in [6, 6.07) is 23.7. The van der Waals surface area contributed by atoms with Gasteiger partial charge in [0.05, 0.1) is 44.6 Å². The molecule has 8 rings (SSSR count). The third-order valence-corrected chi connectivity index (χ3v) is 14.9. The largest absolute Gasteiger partial charge is 0.391 e. The number of aromatic nitrogens is 3. The number of nitrogens with zero attached hydrogens (tertiary/aromatic N) is 6. The van der Waals surface area contributed by atoms with E-state index in [9.17, 15) is 37.9 Å². The van der Waals surface area contributed by atoms with Crippen LogP contribution < -0.4 is 10.6 Å². The number of aryl methyl sites for hydroxylation is 1. The van der Waals surface area contributed by atoms with Crippen molar-refractivity contribution in [3.8, 4) is 33.0 Å². The monoisotopic (exact) mass is 998 g/mol. The number of β-amino-alcohol motifs (C(OH)–C–C–N with tert-alkyl or cyclic N) is 1. The minimum atomic E-state index is -1.40. The molecule has 6 aromatic rings. The van der Waals surface area contributed by atoms with Gasteiger partial charge in [0.1, 0.15) is 23.2 Å². The number of hydrogen-bond acceptors (Lipinski definition) is 10. The number of aliphatic hydroxyl groups excluding tert-OH is 1. The van der Waals surface area contributed by atoms with Crippen LogP contribution in [-0.2, 0) is 25.7 Å². The second-order valence-corrected chi connectivity index (χ2v) is 20.7. The molecule has 0 spiro atoms. The van der Waals surface area contributed by atoms with Crippen LogP contribution in [0.3, 0.4) is 0 Å². The summed E-state index contributed by atoms with van der Waals surface area (Å²) in [5, 5.41) is 16.6. The lowest BCUT2D eigenvalue weighted by atomic mass is 9.73. The Kier molecular flexibility index (Phi) is 15.5. The molecule has 0 radical (unpaired) electrons. The summed E-state index contributed by atoms with van der Waals surface area (Å²) < 4.78 is 27.7. The van der Waals surface area contributed by atoms with Crippen molar-refractivity contribution in [2.75, 3.05) is 32.7 Å². The lowest BCUT2D eigenvalue weighted by Crippen LogP contribution is -2.66. The maximum Gasteiger partial charge on any atom is 0.254 e. The molecule has 0 unspecified atom stereocenters. The smallest absolute Gasteiger partial charge is 0.254 e. The van der Waals surface area contributed by atoms with Crippen molar-refractivity contribution in [3.63, 3.8) is 0 Å². The highest BCUT2D eigenvalue weighted by Gasteiger charge is 2.51. The Morgan fingerprint density at radius 1 is 0.736 bits per heavy atom. The fraction of sp³-hybridized carbons (Fsp3) is 0.382. The summed E-state index contributed by atoms with van der Waals surface area (Å²) in [4.78, 5) is 88.4. The zero-order valence-corrected chi connectivity index (χ0v) is 42.0. The number of rotatable bonds is 15. The molecule has 2 fully saturated rings. The van der Waals surface area contributed by atoms with Gasteiger partial charge in [-0.2, -0.15) is 0 Å². The summed E-state index contributed by atoms with van der Waals surface area (Å²) in [6.45, 7) is 10.8. The quantitative estimate of drug-likeness (QED) is 0.0858. The van der Waals surface area contributed by atoms with Crippen LogP contribution >= 0.6 is 11.3 Å². The highest BCUT2D eigenvalue weighted by Crippen LogP contribution is 2.36. The number of carbonyl (C=O) groups is 5. The van der Waals surface area contributed by atoms with Gasteiger partial charge in [-0.1, -0.05) is 51.5 Å². The number of amides is 5. The van der Waals surface area contributed by atoms with Gasteiger partial charge in [-0.15, -0.1) is 11.3 Å². The van der Waals surface area contributed by atoms with E-state index in [2.05, 4.69) is 15.6 Å². The van der Waals surface area contributed by atoms with Crippen LogP contribution in [0.15, 0.2) is 96.5 Å². The molecule has 0 bridgehead atoms. The van der Waals surface area contributed by atoms with Crippen molar-refractivity contribution < 1.29 is 37.9 Å². The first-order chi connectivity index (χ1) is 34.4. The molecule has 4 heterocycles. The second-order valence-electron chi connectivity index (χ2n) is 19.8. The van der Waals surface area contributed by atoms with Gasteiger partial charge in [0, 0.05) is 75.2 Å². The SMILES string of the molecule is Cc1ncsc1-c1ccc(CNC(=O)[C@@H]2C[C@@H](O)CN2C(=O)[C@](C)(NC(=O)CCCCCC(=O)N2CCN(C(=O)c3ccc4nc(-c5ccc(F)cc5)c(-c5ccc(F)cc5)nc4c3)CC2)C(C)(C)C)cc1. The second kappa shape index (κ2) is 21.8. The number of benzene rings is 4. The van der Waals surface area contributed by atoms with E-state index < -0.39 is 40.6 Å². The summed E-state index contributed by atoms with van der Waals surface area (Å²) >= 11 is 1.56. The fourth-order valence-electron chi connectivity index (χ4n) is 9.18. The summed E-state index contributed by atoms with van der Waals surface area (Å²) in [7, 11) is 0. The Morgan fingerprint density at radius 3 is 1.92 bits per heavy atom. The van der Waals surface area contributed by atoms with Crippen molar-refractivity contribution in [2.24, 2.45) is 5.41 Å². The molecule has 72 heavy (non-hydrogen) atoms. The van der Waals surface area contributed by atoms with E-state index >= 15 is 0 Å². The van der Waals surface area contributed by atoms with Gasteiger partial charge in [-0.3, -0.25) is 24.0 Å². The minimum Gasteiger partial charge on any atom is -0.391 e. The third-order valence-electron chi connectivity index (χ3n) is 13.9. The van der Waals surface area contributed by atoms with Crippen LogP contribution in [0, 0.1) is 24.0 Å². The molecular formula is C55H60F2N8O6S. The van der Waals surface area contributed by atoms with E-state index in [1.165, 1.54) is 29.2 Å². The fourth-order valence-corrected chi connectivity index (χ4v) is 9.99. The Morgan fingerprint density at radius 2 is 1.32 bits per heavy atom. The average Bonchev–Trinajstić information content (AvgIpc) is 3.99. The van der Waals surface area contributed by atoms with Crippen LogP contribution in [-0.4, -0.2) is 115 Å². The first-order valence-electron chi connectivity index (χ1n) is 24.4. The Labute approximate surface area is 421 Å². The molecule has 17 heteroatoms. The van der Waals surface area contributed by atoms with Crippen LogP contribution in [0.4, 0.5) is 8.78 Å². The lowest BCUT2D eigenvalue weighted by molar-refractivity contribution is -0.149. The Balaban J connectivity index is 0.796. The van der Waals surface area contributed by atoms with E-state index in [4.69, 9.17) is 9.97 Å². The van der Waals surface area contributed by atoms with E-state index in [-0.39, 0.29) is 56.0 Å². The average molecular weight is 999 g/mol. The predicted molar refractivity (Wildman–Crippen MR) is 272 cm³/mol. The van der Waals surface area contributed by atoms with Gasteiger partial charge in [-0.25, -0.2) is 23.7 Å². The molecular weight excluding hydrogens is 939 g/mol. The molecule has 0 aliphatic carbocycles. The first kappa shape index (κ1) is 51.4. The molecule has 4 aromatic carbocycles. The minimum absolute atomic E-state index is 0.0324. The summed E-state index contributed by atoms with van der Waals surface area (Å²) in [6.07, 6.45) is 1.24. The number of nitrogens with one attached hydrogen (secondary N) is 2. The molecule has 2 saturated heterocycles. The molecule has 14 nitrogen and oxygen atoms in total. The van der Waals surface area contributed by atoms with Crippen molar-refractivity contribution >= 4 is 51.9 Å². The van der Waals surface area contributed by atoms with E-state index in [0.717, 1.165) is 21.7 Å². The first-order valence-corrected chi connectivity index (χ1v) is 25.2. The third kappa shape index (κ3) is 11.5. The topological polar surface area (TPSA) is 178 Å². The zero-order valence-electron chi connectivity index (χ0n) is 41.2. The number of likely N-dealkylation sites (tertiary alicyclic amines) is 1. The van der Waals surface area contributed by atoms with Gasteiger partial charge in [-0.05, 0) is 110 Å². The van der Waals surface area contributed by atoms with Gasteiger partial charge in [0.15, 0.2) is 0 Å². The Hall–Kier alpha value is -6.98. The van der Waals surface area contributed by atoms with Gasteiger partial charge in [0.2, 0.25) is 23.6 Å². The lowest BCUT2D eigenvalue weighted by Gasteiger charge is -2.44. The number of thiazole rings is 1. The van der Waals surface area contributed by atoms with Crippen LogP contribution in [0.2, 0.25) is 0 Å². The van der Waals surface area contributed by atoms with E-state index in [1.807, 2.05) is 52.0 Å². The maximum atomic E-state index is 14.4. The van der Waals surface area contributed by atoms with Crippen LogP contribution in [0.25, 0.3) is 44.0 Å². The normalized spacial score (nSPS) is 16.9. The number of halogens is 2. The van der Waals surface area contributed by atoms with Gasteiger partial charge < -0.3 is 30.4 Å². The summed E-state index contributed by atoms with van der Waals surface area (Å²) in [5.41, 5.74) is 6.11. The number of unbranched alkanes of at least 4 members (excludes halogenated alkanes) is 2. The van der Waals surface area contributed by atoms with Crippen molar-refractivity contribution in [2.45, 2.75) is 97.4 Å². The number of fused-ring (bicyclic) bond motifs is 1. The maximum absolute atomic E-state index is 14.4. The molecule has 2 aliphatic heterocycles. The molecule has 0 saturated carbocycles. The molecule has 5 amide bonds. The van der Waals surface area contributed by atoms with Crippen molar-refractivity contribution in [3.05, 3.63) is 125 Å². The van der Waals surface area contributed by atoms with Crippen molar-refractivity contribution in [1.29, 1.82) is 0 Å². The number of aliphatic hydroxyl groups is 1. The van der Waals surface area contributed by atoms with Crippen LogP contribution in [0.1, 0.15) is 87.8 Å². The summed E-state index contributed by atoms with van der Waals surface area (Å²) in [5.74, 6) is -2.20. The van der Waals surface area contributed by atoms with E-state index in [1.54, 1.807) is 76.0 Å². The predicted octanol–water partition coefficient (Wildman–Crippen LogP) is 8.11. The molecule has 2 aromatic heterocycles. The molecule has 3 atom stereocenters. The highest BCUT2D eigenvalue weighted by molar-refractivity contribution is 7.13. The standard InChI is InChI=1S/C55H60F2N8O6S/c1-34-50(72-33-59-34)38-13-11-35(12-14-38)31-58-51(69)45-30-42(66)32-65(45)53(71)55(5,54(2,3)4)62-46(67)9-7-6-8-10-47(68)63-25-27-64(28-26-63)52(70)39-19-24-43-44(29-39)61-49(37-17-22-41(57)23-18-37)48(60-43)36-15-20-40(56)21-16-36/h11-24,29,33,42,45,66H,6-10,25-28,30-32H2,1-5H3,(H,58,69)(H,62,67)/t42-,45+,55+/m1/s1. The number of carbonyl (C=O) groups excluding carboxylic acids is 5. The Bertz CT molecular complexity index is 2950. The highest BCUT2D eigenvalue weighted by atomic mass is 32.1. The molecule has 3 N–H and O–H groups in total. The number of piperazine rings is 1. The van der Waals surface area contributed by atoms with Gasteiger partial charge in [0.25, 0.3) is 5.91 Å². The van der Waals surface area contributed by atoms with E-state index in [0.29, 0.717) is 84.6 Å². The zero-order chi connectivity index (χ0) is 51.3. The van der Waals surface area contributed by atoms with Crippen LogP contribution in [0.5, 0.6) is 0 Å². The molecule has 2 aliphatic rings. The van der Waals surface area contributed by atoms with Gasteiger partial charge >= 0.3 is 0 Å².